The van der Waals surface area contributed by atoms with Gasteiger partial charge in [-0.3, -0.25) is 0 Å². The molecule has 0 spiro atoms. The molecule has 0 aliphatic rings. The monoisotopic (exact) mass is 456 g/mol. The maximum Gasteiger partial charge on any atom is 0.0542 e. The van der Waals surface area contributed by atoms with Crippen LogP contribution in [0.1, 0.15) is 63.9 Å². The molecule has 32 heavy (non-hydrogen) atoms. The highest BCUT2D eigenvalue weighted by atomic mass is 32.1. The minimum Gasteiger partial charge on any atom is -0.134 e. The fourth-order valence-corrected chi connectivity index (χ4v) is 7.40. The first-order valence-corrected chi connectivity index (χ1v) is 13.9. The van der Waals surface area contributed by atoms with E-state index in [9.17, 15) is 0 Å². The molecule has 0 radical (unpaired) electrons. The molecule has 0 atom stereocenters. The van der Waals surface area contributed by atoms with E-state index in [0.717, 1.165) is 0 Å². The standard InChI is InChI=1S/C30H32S2/c1-2-3-4-5-6-7-8-9-12-22-15-17-23(18-16-22)24-19-20-26-28(21-24)32-29-25-13-10-11-14-27(25)31-30(26)29/h10-11,13-21H,2-9,12H2,1H3. The molecule has 5 aromatic rings. The molecule has 0 fully saturated rings. The highest BCUT2D eigenvalue weighted by Crippen LogP contribution is 2.44. The van der Waals surface area contributed by atoms with E-state index < -0.39 is 0 Å². The van der Waals surface area contributed by atoms with Gasteiger partial charge in [-0.05, 0) is 41.7 Å². The van der Waals surface area contributed by atoms with E-state index >= 15 is 0 Å². The predicted molar refractivity (Wildman–Crippen MR) is 146 cm³/mol. The van der Waals surface area contributed by atoms with Gasteiger partial charge in [-0.15, -0.1) is 22.7 Å². The summed E-state index contributed by atoms with van der Waals surface area (Å²) in [5.41, 5.74) is 4.13. The van der Waals surface area contributed by atoms with Gasteiger partial charge in [-0.25, -0.2) is 0 Å². The Bertz CT molecular complexity index is 1300. The minimum atomic E-state index is 1.21. The molecule has 0 aliphatic heterocycles. The predicted octanol–water partition coefficient (Wildman–Crippen LogP) is 10.6. The van der Waals surface area contributed by atoms with E-state index in [-0.39, 0.29) is 0 Å². The van der Waals surface area contributed by atoms with Crippen molar-refractivity contribution in [2.24, 2.45) is 0 Å². The van der Waals surface area contributed by atoms with Crippen LogP contribution in [0.2, 0.25) is 0 Å². The number of aryl methyl sites for hydroxylation is 1. The molecule has 0 bridgehead atoms. The largest absolute Gasteiger partial charge is 0.134 e. The zero-order chi connectivity index (χ0) is 21.8. The lowest BCUT2D eigenvalue weighted by atomic mass is 10.00. The third-order valence-electron chi connectivity index (χ3n) is 6.59. The maximum atomic E-state index is 2.38. The van der Waals surface area contributed by atoms with Crippen molar-refractivity contribution in [2.45, 2.75) is 64.7 Å². The summed E-state index contributed by atoms with van der Waals surface area (Å²) in [6.45, 7) is 2.29. The van der Waals surface area contributed by atoms with E-state index in [1.165, 1.54) is 104 Å². The summed E-state index contributed by atoms with van der Waals surface area (Å²) >= 11 is 3.87. The number of benzene rings is 3. The zero-order valence-electron chi connectivity index (χ0n) is 19.0. The van der Waals surface area contributed by atoms with Crippen LogP contribution in [0, 0.1) is 0 Å². The fourth-order valence-electron chi connectivity index (χ4n) is 4.71. The summed E-state index contributed by atoms with van der Waals surface area (Å²) in [5.74, 6) is 0. The Morgan fingerprint density at radius 2 is 1.19 bits per heavy atom. The Hall–Kier alpha value is -2.16. The summed E-state index contributed by atoms with van der Waals surface area (Å²) in [7, 11) is 0. The summed E-state index contributed by atoms with van der Waals surface area (Å²) in [4.78, 5) is 0. The van der Waals surface area contributed by atoms with Crippen molar-refractivity contribution >= 4 is 52.2 Å². The SMILES string of the molecule is CCCCCCCCCCc1ccc(-c2ccc3c(c2)sc2c4ccccc4sc32)cc1. The van der Waals surface area contributed by atoms with Crippen LogP contribution in [-0.2, 0) is 6.42 Å². The van der Waals surface area contributed by atoms with Crippen LogP contribution in [-0.4, -0.2) is 0 Å². The van der Waals surface area contributed by atoms with Crippen LogP contribution in [0.25, 0.3) is 40.7 Å². The van der Waals surface area contributed by atoms with Crippen LogP contribution in [0.15, 0.2) is 66.7 Å². The minimum absolute atomic E-state index is 1.21. The molecule has 2 heterocycles. The molecule has 0 N–H and O–H groups in total. The van der Waals surface area contributed by atoms with Gasteiger partial charge in [0, 0.05) is 20.2 Å². The topological polar surface area (TPSA) is 0 Å². The third kappa shape index (κ3) is 4.63. The van der Waals surface area contributed by atoms with E-state index in [2.05, 4.69) is 73.7 Å². The Kier molecular flexibility index (Phi) is 6.90. The number of unbranched alkanes of at least 4 members (excludes halogenated alkanes) is 7. The smallest absolute Gasteiger partial charge is 0.0542 e. The van der Waals surface area contributed by atoms with Crippen LogP contribution in [0.4, 0.5) is 0 Å². The van der Waals surface area contributed by atoms with Crippen molar-refractivity contribution in [3.63, 3.8) is 0 Å². The van der Waals surface area contributed by atoms with Crippen molar-refractivity contribution < 1.29 is 0 Å². The molecule has 3 aromatic carbocycles. The molecule has 2 aromatic heterocycles. The Balaban J connectivity index is 1.23. The van der Waals surface area contributed by atoms with Gasteiger partial charge in [0.1, 0.15) is 0 Å². The van der Waals surface area contributed by atoms with Gasteiger partial charge in [-0.2, -0.15) is 0 Å². The van der Waals surface area contributed by atoms with Crippen molar-refractivity contribution in [2.75, 3.05) is 0 Å². The molecule has 0 aliphatic carbocycles. The first-order valence-electron chi connectivity index (χ1n) is 12.3. The summed E-state index contributed by atoms with van der Waals surface area (Å²) in [5, 5.41) is 2.81. The average Bonchev–Trinajstić information content (AvgIpc) is 3.37. The summed E-state index contributed by atoms with van der Waals surface area (Å²) < 4.78 is 5.68. The van der Waals surface area contributed by atoms with E-state index in [1.54, 1.807) is 0 Å². The molecular formula is C30H32S2. The second-order valence-corrected chi connectivity index (χ2v) is 11.1. The van der Waals surface area contributed by atoms with Crippen molar-refractivity contribution in [1.82, 2.24) is 0 Å². The number of rotatable bonds is 10. The van der Waals surface area contributed by atoms with Crippen molar-refractivity contribution in [1.29, 1.82) is 0 Å². The number of fused-ring (bicyclic) bond motifs is 5. The lowest BCUT2D eigenvalue weighted by Crippen LogP contribution is -1.87. The van der Waals surface area contributed by atoms with Crippen molar-refractivity contribution in [3.05, 3.63) is 72.3 Å². The molecule has 0 amide bonds. The quantitative estimate of drug-likeness (QED) is 0.183. The lowest BCUT2D eigenvalue weighted by molar-refractivity contribution is 0.575. The van der Waals surface area contributed by atoms with E-state index in [0.29, 0.717) is 0 Å². The lowest BCUT2D eigenvalue weighted by Gasteiger charge is -2.06. The molecular weight excluding hydrogens is 424 g/mol. The molecule has 0 saturated heterocycles. The number of hydrogen-bond donors (Lipinski definition) is 0. The van der Waals surface area contributed by atoms with Gasteiger partial charge < -0.3 is 0 Å². The third-order valence-corrected chi connectivity index (χ3v) is 9.11. The maximum absolute atomic E-state index is 2.38. The van der Waals surface area contributed by atoms with Gasteiger partial charge in [0.2, 0.25) is 0 Å². The molecule has 164 valence electrons. The van der Waals surface area contributed by atoms with Gasteiger partial charge in [-0.1, -0.05) is 106 Å². The second-order valence-electron chi connectivity index (χ2n) is 8.99. The molecule has 2 heteroatoms. The van der Waals surface area contributed by atoms with Gasteiger partial charge in [0.15, 0.2) is 0 Å². The molecule has 0 nitrogen and oxygen atoms in total. The first kappa shape index (κ1) is 21.7. The summed E-state index contributed by atoms with van der Waals surface area (Å²) in [6, 6.07) is 25.1. The zero-order valence-corrected chi connectivity index (χ0v) is 20.7. The van der Waals surface area contributed by atoms with Gasteiger partial charge in [0.25, 0.3) is 0 Å². The first-order chi connectivity index (χ1) is 15.8. The Morgan fingerprint density at radius 1 is 0.562 bits per heavy atom. The second kappa shape index (κ2) is 10.2. The number of hydrogen-bond acceptors (Lipinski definition) is 2. The van der Waals surface area contributed by atoms with E-state index in [4.69, 9.17) is 0 Å². The molecule has 5 rings (SSSR count). The van der Waals surface area contributed by atoms with Crippen LogP contribution < -0.4 is 0 Å². The molecule has 0 unspecified atom stereocenters. The summed E-state index contributed by atoms with van der Waals surface area (Å²) in [6.07, 6.45) is 12.3. The average molecular weight is 457 g/mol. The normalized spacial score (nSPS) is 11.8. The van der Waals surface area contributed by atoms with Gasteiger partial charge in [0.05, 0.1) is 9.40 Å². The van der Waals surface area contributed by atoms with Crippen molar-refractivity contribution in [3.8, 4) is 11.1 Å². The van der Waals surface area contributed by atoms with Crippen LogP contribution in [0.5, 0.6) is 0 Å². The van der Waals surface area contributed by atoms with Crippen LogP contribution >= 0.6 is 22.7 Å². The fraction of sp³-hybridized carbons (Fsp3) is 0.333. The Labute approximate surface area is 199 Å². The number of thiophene rings is 2. The Morgan fingerprint density at radius 3 is 1.97 bits per heavy atom. The van der Waals surface area contributed by atoms with Gasteiger partial charge >= 0.3 is 0 Å². The highest BCUT2D eigenvalue weighted by molar-refractivity contribution is 7.36. The van der Waals surface area contributed by atoms with Crippen LogP contribution in [0.3, 0.4) is 0 Å². The highest BCUT2D eigenvalue weighted by Gasteiger charge is 2.12. The molecule has 0 saturated carbocycles. The van der Waals surface area contributed by atoms with E-state index in [1.807, 2.05) is 22.7 Å².